The van der Waals surface area contributed by atoms with E-state index in [1.807, 2.05) is 0 Å². The van der Waals surface area contributed by atoms with Crippen molar-refractivity contribution in [3.8, 4) is 0 Å². The second-order valence-electron chi connectivity index (χ2n) is 4.66. The Balaban J connectivity index is 1.68. The molecule has 7 nitrogen and oxygen atoms in total. The summed E-state index contributed by atoms with van der Waals surface area (Å²) in [7, 11) is 0. The van der Waals surface area contributed by atoms with E-state index in [9.17, 15) is 9.59 Å². The Kier molecular flexibility index (Phi) is 2.64. The largest absolute Gasteiger partial charge is 0.376 e. The summed E-state index contributed by atoms with van der Waals surface area (Å²) in [6, 6.07) is -0.233. The molecule has 1 aromatic heterocycles. The number of amides is 1. The van der Waals surface area contributed by atoms with Crippen LogP contribution in [0.4, 0.5) is 0 Å². The van der Waals surface area contributed by atoms with E-state index >= 15 is 0 Å². The normalized spacial score (nSPS) is 33.6. The van der Waals surface area contributed by atoms with E-state index in [2.05, 4.69) is 15.3 Å². The highest BCUT2D eigenvalue weighted by molar-refractivity contribution is 5.92. The van der Waals surface area contributed by atoms with Gasteiger partial charge in [0.2, 0.25) is 0 Å². The molecule has 0 bridgehead atoms. The second kappa shape index (κ2) is 4.18. The number of H-pyrrole nitrogens is 1. The highest BCUT2D eigenvalue weighted by Crippen LogP contribution is 2.37. The number of carbonyl (C=O) groups excluding carboxylic acids is 1. The number of ether oxygens (including phenoxy) is 1. The molecule has 4 unspecified atom stereocenters. The van der Waals surface area contributed by atoms with Gasteiger partial charge < -0.3 is 20.8 Å². The Hall–Kier alpha value is -1.73. The van der Waals surface area contributed by atoms with Gasteiger partial charge in [0.05, 0.1) is 18.3 Å². The summed E-state index contributed by atoms with van der Waals surface area (Å²) < 4.78 is 5.52. The van der Waals surface area contributed by atoms with Gasteiger partial charge in [-0.2, -0.15) is 0 Å². The number of nitrogens with zero attached hydrogens (tertiary/aromatic N) is 1. The van der Waals surface area contributed by atoms with Crippen LogP contribution in [-0.4, -0.2) is 40.7 Å². The molecule has 1 aromatic rings. The van der Waals surface area contributed by atoms with E-state index in [0.717, 1.165) is 12.6 Å². The summed E-state index contributed by atoms with van der Waals surface area (Å²) in [5, 5.41) is 2.80. The summed E-state index contributed by atoms with van der Waals surface area (Å²) >= 11 is 0. The molecule has 1 aliphatic heterocycles. The van der Waals surface area contributed by atoms with Gasteiger partial charge in [0.15, 0.2) is 0 Å². The Morgan fingerprint density at radius 1 is 1.61 bits per heavy atom. The molecule has 1 saturated carbocycles. The Morgan fingerprint density at radius 2 is 2.44 bits per heavy atom. The van der Waals surface area contributed by atoms with Crippen molar-refractivity contribution in [3.63, 3.8) is 0 Å². The van der Waals surface area contributed by atoms with Crippen molar-refractivity contribution < 1.29 is 9.53 Å². The van der Waals surface area contributed by atoms with Crippen molar-refractivity contribution in [2.75, 3.05) is 6.61 Å². The maximum absolute atomic E-state index is 11.9. The minimum Gasteiger partial charge on any atom is -0.376 e. The van der Waals surface area contributed by atoms with Crippen molar-refractivity contribution >= 4 is 5.91 Å². The third-order valence-electron chi connectivity index (χ3n) is 3.65. The number of rotatable bonds is 2. The number of hydrogen-bond acceptors (Lipinski definition) is 5. The van der Waals surface area contributed by atoms with Crippen molar-refractivity contribution in [2.45, 2.75) is 24.6 Å². The van der Waals surface area contributed by atoms with E-state index in [-0.39, 0.29) is 35.3 Å². The molecule has 1 saturated heterocycles. The number of fused-ring (bicyclic) bond motifs is 1. The molecule has 7 heteroatoms. The van der Waals surface area contributed by atoms with Crippen LogP contribution in [0.3, 0.4) is 0 Å². The molecule has 4 atom stereocenters. The third kappa shape index (κ3) is 1.72. The van der Waals surface area contributed by atoms with E-state index < -0.39 is 0 Å². The molecule has 2 heterocycles. The summed E-state index contributed by atoms with van der Waals surface area (Å²) in [5.41, 5.74) is 5.81. The maximum Gasteiger partial charge on any atom is 0.271 e. The zero-order valence-electron chi connectivity index (χ0n) is 9.63. The van der Waals surface area contributed by atoms with Gasteiger partial charge in [0.25, 0.3) is 11.5 Å². The van der Waals surface area contributed by atoms with Crippen LogP contribution in [0.1, 0.15) is 16.9 Å². The van der Waals surface area contributed by atoms with Crippen LogP contribution >= 0.6 is 0 Å². The van der Waals surface area contributed by atoms with Gasteiger partial charge in [-0.15, -0.1) is 0 Å². The first-order chi connectivity index (χ1) is 8.66. The summed E-state index contributed by atoms with van der Waals surface area (Å²) in [4.78, 5) is 28.9. The zero-order valence-corrected chi connectivity index (χ0v) is 9.63. The fraction of sp³-hybridized carbons (Fsp3) is 0.545. The Bertz CT molecular complexity index is 509. The highest BCUT2D eigenvalue weighted by atomic mass is 16.5. The van der Waals surface area contributed by atoms with E-state index in [0.29, 0.717) is 12.5 Å². The zero-order chi connectivity index (χ0) is 12.7. The quantitative estimate of drug-likeness (QED) is 0.599. The van der Waals surface area contributed by atoms with E-state index in [1.165, 1.54) is 6.20 Å². The van der Waals surface area contributed by atoms with Crippen LogP contribution in [0.25, 0.3) is 0 Å². The van der Waals surface area contributed by atoms with Crippen molar-refractivity contribution in [1.82, 2.24) is 15.3 Å². The first-order valence-electron chi connectivity index (χ1n) is 5.89. The van der Waals surface area contributed by atoms with Crippen molar-refractivity contribution in [3.05, 3.63) is 28.4 Å². The third-order valence-corrected chi connectivity index (χ3v) is 3.65. The highest BCUT2D eigenvalue weighted by Gasteiger charge is 2.52. The molecule has 18 heavy (non-hydrogen) atoms. The van der Waals surface area contributed by atoms with Crippen LogP contribution in [0.15, 0.2) is 17.2 Å². The van der Waals surface area contributed by atoms with Gasteiger partial charge in [-0.3, -0.25) is 9.59 Å². The summed E-state index contributed by atoms with van der Waals surface area (Å²) in [6.45, 7) is 0.701. The molecular formula is C11H14N4O3. The minimum absolute atomic E-state index is 0.0201. The molecule has 96 valence electrons. The summed E-state index contributed by atoms with van der Waals surface area (Å²) in [5.74, 6) is -0.000473. The molecule has 3 rings (SSSR count). The van der Waals surface area contributed by atoms with Gasteiger partial charge in [-0.25, -0.2) is 4.98 Å². The van der Waals surface area contributed by atoms with Crippen LogP contribution < -0.4 is 16.6 Å². The van der Waals surface area contributed by atoms with Crippen LogP contribution in [0, 0.1) is 5.92 Å². The molecule has 2 fully saturated rings. The second-order valence-corrected chi connectivity index (χ2v) is 4.66. The molecular weight excluding hydrogens is 236 g/mol. The topological polar surface area (TPSA) is 110 Å². The minimum atomic E-state index is -0.347. The lowest BCUT2D eigenvalue weighted by molar-refractivity contribution is -0.0161. The first kappa shape index (κ1) is 11.4. The SMILES string of the molecule is NC1C2CCOC2C1NC(=O)c1c[nH]c(=O)cn1. The van der Waals surface area contributed by atoms with E-state index in [4.69, 9.17) is 10.5 Å². The van der Waals surface area contributed by atoms with Crippen LogP contribution in [-0.2, 0) is 4.74 Å². The number of carbonyl (C=O) groups is 1. The van der Waals surface area contributed by atoms with Crippen molar-refractivity contribution in [2.24, 2.45) is 11.7 Å². The predicted molar refractivity (Wildman–Crippen MR) is 61.9 cm³/mol. The molecule has 0 aromatic carbocycles. The van der Waals surface area contributed by atoms with Gasteiger partial charge >= 0.3 is 0 Å². The fourth-order valence-corrected chi connectivity index (χ4v) is 2.62. The standard InChI is InChI=1S/C11H14N4O3/c12-8-5-1-2-18-10(5)9(8)15-11(17)6-3-14-7(16)4-13-6/h3-5,8-10H,1-2,12H2,(H,14,16)(H,15,17). The van der Waals surface area contributed by atoms with Crippen LogP contribution in [0.2, 0.25) is 0 Å². The molecule has 1 amide bonds. The fourth-order valence-electron chi connectivity index (χ4n) is 2.62. The lowest BCUT2D eigenvalue weighted by Crippen LogP contribution is -2.69. The van der Waals surface area contributed by atoms with Crippen LogP contribution in [0.5, 0.6) is 0 Å². The molecule has 0 spiro atoms. The number of hydrogen-bond donors (Lipinski definition) is 3. The monoisotopic (exact) mass is 250 g/mol. The van der Waals surface area contributed by atoms with Gasteiger partial charge in [-0.05, 0) is 6.42 Å². The van der Waals surface area contributed by atoms with E-state index in [1.54, 1.807) is 0 Å². The Morgan fingerprint density at radius 3 is 3.17 bits per heavy atom. The van der Waals surface area contributed by atoms with Gasteiger partial charge in [0.1, 0.15) is 5.69 Å². The van der Waals surface area contributed by atoms with Gasteiger partial charge in [-0.1, -0.05) is 0 Å². The molecule has 2 aliphatic rings. The number of aromatic amines is 1. The lowest BCUT2D eigenvalue weighted by atomic mass is 9.72. The number of nitrogens with two attached hydrogens (primary N) is 1. The lowest BCUT2D eigenvalue weighted by Gasteiger charge is -2.45. The maximum atomic E-state index is 11.9. The number of aromatic nitrogens is 2. The molecule has 1 aliphatic carbocycles. The summed E-state index contributed by atoms with van der Waals surface area (Å²) in [6.07, 6.45) is 3.33. The predicted octanol–water partition coefficient (Wildman–Crippen LogP) is -1.39. The Labute approximate surface area is 103 Å². The van der Waals surface area contributed by atoms with Gasteiger partial charge in [0, 0.05) is 24.8 Å². The average Bonchev–Trinajstić information content (AvgIpc) is 2.81. The average molecular weight is 250 g/mol. The first-order valence-corrected chi connectivity index (χ1v) is 5.89. The number of nitrogens with one attached hydrogen (secondary N) is 2. The van der Waals surface area contributed by atoms with Crippen molar-refractivity contribution in [1.29, 1.82) is 0 Å². The molecule has 0 radical (unpaired) electrons. The molecule has 4 N–H and O–H groups in total. The smallest absolute Gasteiger partial charge is 0.271 e.